The molecule has 122 valence electrons. The summed E-state index contributed by atoms with van der Waals surface area (Å²) in [6.07, 6.45) is 3.27. The molecule has 0 bridgehead atoms. The summed E-state index contributed by atoms with van der Waals surface area (Å²) >= 11 is 0. The molecule has 1 N–H and O–H groups in total. The third-order valence-electron chi connectivity index (χ3n) is 4.24. The Morgan fingerprint density at radius 2 is 2.08 bits per heavy atom. The number of benzene rings is 1. The number of hydrogen-bond donors (Lipinski definition) is 1. The molecular weight excluding hydrogens is 309 g/mol. The highest BCUT2D eigenvalue weighted by atomic mass is 19.1. The van der Waals surface area contributed by atoms with E-state index in [-0.39, 0.29) is 17.8 Å². The summed E-state index contributed by atoms with van der Waals surface area (Å²) in [6.45, 7) is 1.49. The molecule has 0 radical (unpaired) electrons. The van der Waals surface area contributed by atoms with Gasteiger partial charge >= 0.3 is 0 Å². The normalized spacial score (nSPS) is 18.0. The van der Waals surface area contributed by atoms with Gasteiger partial charge in [0.25, 0.3) is 5.91 Å². The number of pyridine rings is 1. The van der Waals surface area contributed by atoms with Gasteiger partial charge in [-0.25, -0.2) is 4.39 Å². The number of halogens is 1. The summed E-state index contributed by atoms with van der Waals surface area (Å²) in [6, 6.07) is 9.91. The topological polar surface area (TPSA) is 58.2 Å². The van der Waals surface area contributed by atoms with Crippen LogP contribution in [0.3, 0.4) is 0 Å². The quantitative estimate of drug-likeness (QED) is 0.788. The zero-order valence-electron chi connectivity index (χ0n) is 12.9. The number of carbonyl (C=O) groups excluding carboxylic acids is 1. The summed E-state index contributed by atoms with van der Waals surface area (Å²) in [7, 11) is 0. The molecule has 0 spiro atoms. The van der Waals surface area contributed by atoms with Crippen LogP contribution in [0, 0.1) is 5.82 Å². The van der Waals surface area contributed by atoms with Gasteiger partial charge in [-0.15, -0.1) is 0 Å². The summed E-state index contributed by atoms with van der Waals surface area (Å²) < 4.78 is 19.1. The number of fused-ring (bicyclic) bond motifs is 1. The number of aromatic nitrogens is 2. The molecule has 1 aromatic carbocycles. The molecule has 1 aliphatic heterocycles. The standard InChI is InChI=1S/C18H16FN3O2/c19-14-1-2-15-13(9-14)10-16(21-15)18(23)22-7-8-24-17(11-22)12-3-5-20-6-4-12/h1-6,9-10,17,21H,7-8,11H2/t17-/m1/s1. The first-order chi connectivity index (χ1) is 11.7. The molecule has 0 aliphatic carbocycles. The summed E-state index contributed by atoms with van der Waals surface area (Å²) in [4.78, 5) is 21.6. The lowest BCUT2D eigenvalue weighted by Crippen LogP contribution is -2.42. The number of amides is 1. The molecular formula is C18H16FN3O2. The zero-order valence-corrected chi connectivity index (χ0v) is 12.9. The lowest BCUT2D eigenvalue weighted by atomic mass is 10.1. The predicted octanol–water partition coefficient (Wildman–Crippen LogP) is 2.92. The second-order valence-electron chi connectivity index (χ2n) is 5.81. The number of nitrogens with zero attached hydrogens (tertiary/aromatic N) is 2. The third kappa shape index (κ3) is 2.76. The lowest BCUT2D eigenvalue weighted by Gasteiger charge is -2.32. The van der Waals surface area contributed by atoms with E-state index in [2.05, 4.69) is 9.97 Å². The molecule has 6 heteroatoms. The summed E-state index contributed by atoms with van der Waals surface area (Å²) in [5, 5.41) is 0.692. The first kappa shape index (κ1) is 14.8. The second-order valence-corrected chi connectivity index (χ2v) is 5.81. The molecule has 2 aromatic heterocycles. The van der Waals surface area contributed by atoms with Crippen molar-refractivity contribution in [1.29, 1.82) is 0 Å². The molecule has 1 atom stereocenters. The number of rotatable bonds is 2. The first-order valence-corrected chi connectivity index (χ1v) is 7.80. The molecule has 24 heavy (non-hydrogen) atoms. The SMILES string of the molecule is O=C(c1cc2cc(F)ccc2[nH]1)N1CCO[C@@H](c2ccncc2)C1. The number of H-pyrrole nitrogens is 1. The highest BCUT2D eigenvalue weighted by Crippen LogP contribution is 2.24. The van der Waals surface area contributed by atoms with Crippen LogP contribution in [0.25, 0.3) is 10.9 Å². The van der Waals surface area contributed by atoms with Crippen LogP contribution in [0.5, 0.6) is 0 Å². The smallest absolute Gasteiger partial charge is 0.270 e. The van der Waals surface area contributed by atoms with Crippen LogP contribution in [0.15, 0.2) is 48.8 Å². The Hall–Kier alpha value is -2.73. The summed E-state index contributed by atoms with van der Waals surface area (Å²) in [5.41, 5.74) is 2.21. The van der Waals surface area contributed by atoms with Crippen LogP contribution in [0.1, 0.15) is 22.2 Å². The van der Waals surface area contributed by atoms with E-state index < -0.39 is 0 Å². The average molecular weight is 325 g/mol. The summed E-state index contributed by atoms with van der Waals surface area (Å²) in [5.74, 6) is -0.418. The van der Waals surface area contributed by atoms with Crippen molar-refractivity contribution in [1.82, 2.24) is 14.9 Å². The minimum atomic E-state index is -0.315. The average Bonchev–Trinajstić information content (AvgIpc) is 3.05. The number of aromatic amines is 1. The number of hydrogen-bond acceptors (Lipinski definition) is 3. The van der Waals surface area contributed by atoms with Crippen LogP contribution in [-0.2, 0) is 4.74 Å². The van der Waals surface area contributed by atoms with Gasteiger partial charge in [0.05, 0.1) is 13.2 Å². The van der Waals surface area contributed by atoms with Crippen LogP contribution in [0.2, 0.25) is 0 Å². The van der Waals surface area contributed by atoms with Gasteiger partial charge in [0.2, 0.25) is 0 Å². The largest absolute Gasteiger partial charge is 0.370 e. The van der Waals surface area contributed by atoms with Crippen LogP contribution >= 0.6 is 0 Å². The Kier molecular flexibility index (Phi) is 3.74. The van der Waals surface area contributed by atoms with Crippen molar-refractivity contribution in [3.05, 3.63) is 65.9 Å². The Morgan fingerprint density at radius 3 is 2.92 bits per heavy atom. The number of carbonyl (C=O) groups is 1. The highest BCUT2D eigenvalue weighted by Gasteiger charge is 2.27. The molecule has 1 saturated heterocycles. The van der Waals surface area contributed by atoms with Crippen molar-refractivity contribution in [3.8, 4) is 0 Å². The number of ether oxygens (including phenoxy) is 1. The predicted molar refractivity (Wildman–Crippen MR) is 87.1 cm³/mol. The van der Waals surface area contributed by atoms with Crippen molar-refractivity contribution in [3.63, 3.8) is 0 Å². The molecule has 4 rings (SSSR count). The Morgan fingerprint density at radius 1 is 1.25 bits per heavy atom. The van der Waals surface area contributed by atoms with Crippen LogP contribution in [-0.4, -0.2) is 40.5 Å². The van der Waals surface area contributed by atoms with Crippen molar-refractivity contribution in [2.45, 2.75) is 6.10 Å². The van der Waals surface area contributed by atoms with Gasteiger partial charge in [0.1, 0.15) is 17.6 Å². The van der Waals surface area contributed by atoms with Gasteiger partial charge in [-0.2, -0.15) is 0 Å². The van der Waals surface area contributed by atoms with E-state index in [4.69, 9.17) is 4.74 Å². The zero-order chi connectivity index (χ0) is 16.5. The molecule has 3 heterocycles. The van der Waals surface area contributed by atoms with Gasteiger partial charge in [-0.3, -0.25) is 9.78 Å². The maximum atomic E-state index is 13.3. The molecule has 0 saturated carbocycles. The van der Waals surface area contributed by atoms with Crippen LogP contribution in [0.4, 0.5) is 4.39 Å². The Bertz CT molecular complexity index is 878. The van der Waals surface area contributed by atoms with E-state index in [1.807, 2.05) is 12.1 Å². The second kappa shape index (κ2) is 6.05. The van der Waals surface area contributed by atoms with Crippen molar-refractivity contribution in [2.24, 2.45) is 0 Å². The van der Waals surface area contributed by atoms with Gasteiger partial charge in [-0.1, -0.05) is 0 Å². The fourth-order valence-corrected chi connectivity index (χ4v) is 3.00. The number of morpholine rings is 1. The minimum absolute atomic E-state index is 0.103. The third-order valence-corrected chi connectivity index (χ3v) is 4.24. The van der Waals surface area contributed by atoms with Gasteiger partial charge in [0, 0.05) is 29.8 Å². The van der Waals surface area contributed by atoms with Crippen molar-refractivity contribution >= 4 is 16.8 Å². The Balaban J connectivity index is 1.56. The fraction of sp³-hybridized carbons (Fsp3) is 0.222. The molecule has 1 amide bonds. The monoisotopic (exact) mass is 325 g/mol. The van der Waals surface area contributed by atoms with E-state index in [0.717, 1.165) is 11.1 Å². The van der Waals surface area contributed by atoms with Crippen molar-refractivity contribution in [2.75, 3.05) is 19.7 Å². The maximum Gasteiger partial charge on any atom is 0.270 e. The molecule has 1 aliphatic rings. The van der Waals surface area contributed by atoms with E-state index in [1.165, 1.54) is 12.1 Å². The minimum Gasteiger partial charge on any atom is -0.370 e. The van der Waals surface area contributed by atoms with E-state index in [0.29, 0.717) is 30.8 Å². The van der Waals surface area contributed by atoms with Gasteiger partial charge in [0.15, 0.2) is 0 Å². The van der Waals surface area contributed by atoms with E-state index in [9.17, 15) is 9.18 Å². The molecule has 5 nitrogen and oxygen atoms in total. The molecule has 3 aromatic rings. The number of nitrogens with one attached hydrogen (secondary N) is 1. The van der Waals surface area contributed by atoms with E-state index >= 15 is 0 Å². The maximum absolute atomic E-state index is 13.3. The van der Waals surface area contributed by atoms with Crippen molar-refractivity contribution < 1.29 is 13.9 Å². The van der Waals surface area contributed by atoms with E-state index in [1.54, 1.807) is 29.4 Å². The lowest BCUT2D eigenvalue weighted by molar-refractivity contribution is -0.0230. The Labute approximate surface area is 138 Å². The van der Waals surface area contributed by atoms with Crippen LogP contribution < -0.4 is 0 Å². The highest BCUT2D eigenvalue weighted by molar-refractivity contribution is 5.98. The molecule has 1 fully saturated rings. The fourth-order valence-electron chi connectivity index (χ4n) is 3.00. The van der Waals surface area contributed by atoms with Gasteiger partial charge < -0.3 is 14.6 Å². The first-order valence-electron chi connectivity index (χ1n) is 7.80. The van der Waals surface area contributed by atoms with Gasteiger partial charge in [-0.05, 0) is 42.0 Å². The molecule has 0 unspecified atom stereocenters.